The van der Waals surface area contributed by atoms with Gasteiger partial charge in [0.25, 0.3) is 0 Å². The van der Waals surface area contributed by atoms with Crippen LogP contribution in [0.25, 0.3) is 0 Å². The van der Waals surface area contributed by atoms with E-state index in [1.165, 1.54) is 0 Å². The van der Waals surface area contributed by atoms with Gasteiger partial charge >= 0.3 is 0 Å². The van der Waals surface area contributed by atoms with Crippen molar-refractivity contribution < 1.29 is 13.2 Å². The van der Waals surface area contributed by atoms with Crippen LogP contribution in [0.1, 0.15) is 26.3 Å². The lowest BCUT2D eigenvalue weighted by Gasteiger charge is -2.20. The van der Waals surface area contributed by atoms with E-state index in [1.54, 1.807) is 18.2 Å². The Labute approximate surface area is 114 Å². The van der Waals surface area contributed by atoms with Crippen molar-refractivity contribution in [3.63, 3.8) is 0 Å². The molecule has 3 N–H and O–H groups in total. The molecule has 0 spiro atoms. The summed E-state index contributed by atoms with van der Waals surface area (Å²) in [5.74, 6) is 0.727. The molecule has 5 nitrogen and oxygen atoms in total. The van der Waals surface area contributed by atoms with Crippen LogP contribution in [0.4, 0.5) is 0 Å². The first-order valence-corrected chi connectivity index (χ1v) is 7.73. The maximum Gasteiger partial charge on any atom is 0.241 e. The fraction of sp³-hybridized carbons (Fsp3) is 0.538. The Kier molecular flexibility index (Phi) is 3.59. The fourth-order valence-corrected chi connectivity index (χ4v) is 3.53. The van der Waals surface area contributed by atoms with Crippen LogP contribution in [0.15, 0.2) is 23.1 Å². The van der Waals surface area contributed by atoms with Crippen LogP contribution >= 0.6 is 0 Å². The summed E-state index contributed by atoms with van der Waals surface area (Å²) in [5, 5.41) is 0. The van der Waals surface area contributed by atoms with Crippen molar-refractivity contribution in [2.24, 2.45) is 5.73 Å². The standard InChI is InChI=1S/C13H20N2O3S/c1-13(2,3)15-19(16,17)11-4-5-12-9(7-11)6-10(8-14)18-12/h4-5,7,10,15H,6,8,14H2,1-3H3. The molecule has 1 atom stereocenters. The number of hydrogen-bond donors (Lipinski definition) is 2. The minimum atomic E-state index is -3.50. The van der Waals surface area contributed by atoms with Crippen LogP contribution < -0.4 is 15.2 Å². The summed E-state index contributed by atoms with van der Waals surface area (Å²) in [7, 11) is -3.50. The molecule has 1 heterocycles. The van der Waals surface area contributed by atoms with Crippen molar-refractivity contribution in [1.82, 2.24) is 4.72 Å². The average molecular weight is 284 g/mol. The third-order valence-electron chi connectivity index (χ3n) is 2.79. The van der Waals surface area contributed by atoms with E-state index in [2.05, 4.69) is 4.72 Å². The van der Waals surface area contributed by atoms with Gasteiger partial charge in [-0.05, 0) is 44.5 Å². The number of fused-ring (bicyclic) bond motifs is 1. The van der Waals surface area contributed by atoms with Crippen molar-refractivity contribution in [3.8, 4) is 5.75 Å². The molecule has 1 unspecified atom stereocenters. The van der Waals surface area contributed by atoms with E-state index in [4.69, 9.17) is 10.5 Å². The van der Waals surface area contributed by atoms with E-state index in [0.717, 1.165) is 11.3 Å². The van der Waals surface area contributed by atoms with Gasteiger partial charge < -0.3 is 10.5 Å². The summed E-state index contributed by atoms with van der Waals surface area (Å²) >= 11 is 0. The molecule has 0 saturated heterocycles. The third kappa shape index (κ3) is 3.26. The minimum absolute atomic E-state index is 0.0523. The molecular weight excluding hydrogens is 264 g/mol. The number of nitrogens with two attached hydrogens (primary N) is 1. The number of ether oxygens (including phenoxy) is 1. The molecule has 1 aliphatic heterocycles. The maximum absolute atomic E-state index is 12.2. The van der Waals surface area contributed by atoms with Crippen LogP contribution in [0.3, 0.4) is 0 Å². The lowest BCUT2D eigenvalue weighted by atomic mass is 10.1. The first kappa shape index (κ1) is 14.3. The zero-order valence-corrected chi connectivity index (χ0v) is 12.3. The number of nitrogens with one attached hydrogen (secondary N) is 1. The van der Waals surface area contributed by atoms with E-state index in [-0.39, 0.29) is 11.0 Å². The highest BCUT2D eigenvalue weighted by Gasteiger charge is 2.26. The zero-order chi connectivity index (χ0) is 14.3. The van der Waals surface area contributed by atoms with Crippen LogP contribution in [0, 0.1) is 0 Å². The Bertz CT molecular complexity index is 576. The molecule has 2 rings (SSSR count). The average Bonchev–Trinajstić information content (AvgIpc) is 2.67. The predicted molar refractivity (Wildman–Crippen MR) is 73.7 cm³/mol. The van der Waals surface area contributed by atoms with Crippen LogP contribution in [-0.2, 0) is 16.4 Å². The predicted octanol–water partition coefficient (Wildman–Crippen LogP) is 1.03. The molecule has 0 bridgehead atoms. The summed E-state index contributed by atoms with van der Waals surface area (Å²) in [4.78, 5) is 0.266. The van der Waals surface area contributed by atoms with Crippen molar-refractivity contribution in [2.45, 2.75) is 43.7 Å². The van der Waals surface area contributed by atoms with E-state index in [0.29, 0.717) is 13.0 Å². The summed E-state index contributed by atoms with van der Waals surface area (Å²) in [6.07, 6.45) is 0.605. The molecular formula is C13H20N2O3S. The van der Waals surface area contributed by atoms with Crippen molar-refractivity contribution >= 4 is 10.0 Å². The zero-order valence-electron chi connectivity index (χ0n) is 11.4. The lowest BCUT2D eigenvalue weighted by molar-refractivity contribution is 0.241. The maximum atomic E-state index is 12.2. The Morgan fingerprint density at radius 1 is 1.42 bits per heavy atom. The topological polar surface area (TPSA) is 81.4 Å². The summed E-state index contributed by atoms with van der Waals surface area (Å²) in [6.45, 7) is 5.86. The SMILES string of the molecule is CC(C)(C)NS(=O)(=O)c1ccc2c(c1)CC(CN)O2. The van der Waals surface area contributed by atoms with Gasteiger partial charge in [0.2, 0.25) is 10.0 Å². The van der Waals surface area contributed by atoms with E-state index < -0.39 is 15.6 Å². The van der Waals surface area contributed by atoms with Crippen LogP contribution in [0.5, 0.6) is 5.75 Å². The van der Waals surface area contributed by atoms with Gasteiger partial charge in [0.05, 0.1) is 4.90 Å². The summed E-state index contributed by atoms with van der Waals surface area (Å²) in [5.41, 5.74) is 5.95. The Hall–Kier alpha value is -1.11. The minimum Gasteiger partial charge on any atom is -0.488 e. The summed E-state index contributed by atoms with van der Waals surface area (Å²) in [6, 6.07) is 4.92. The van der Waals surface area contributed by atoms with Crippen molar-refractivity contribution in [2.75, 3.05) is 6.54 Å². The second kappa shape index (κ2) is 4.77. The molecule has 0 radical (unpaired) electrons. The molecule has 1 aliphatic rings. The number of hydrogen-bond acceptors (Lipinski definition) is 4. The van der Waals surface area contributed by atoms with Crippen LogP contribution in [-0.4, -0.2) is 26.6 Å². The molecule has 1 aromatic carbocycles. The first-order valence-electron chi connectivity index (χ1n) is 6.25. The highest BCUT2D eigenvalue weighted by atomic mass is 32.2. The summed E-state index contributed by atoms with van der Waals surface area (Å²) < 4.78 is 32.7. The van der Waals surface area contributed by atoms with E-state index in [9.17, 15) is 8.42 Å². The van der Waals surface area contributed by atoms with Crippen molar-refractivity contribution in [1.29, 1.82) is 0 Å². The smallest absolute Gasteiger partial charge is 0.241 e. The quantitative estimate of drug-likeness (QED) is 0.868. The number of benzene rings is 1. The molecule has 0 aliphatic carbocycles. The molecule has 0 saturated carbocycles. The molecule has 0 amide bonds. The lowest BCUT2D eigenvalue weighted by Crippen LogP contribution is -2.40. The Morgan fingerprint density at radius 2 is 2.11 bits per heavy atom. The monoisotopic (exact) mass is 284 g/mol. The molecule has 0 aromatic heterocycles. The van der Waals surface area contributed by atoms with Gasteiger partial charge in [-0.1, -0.05) is 0 Å². The first-order chi connectivity index (χ1) is 8.71. The largest absolute Gasteiger partial charge is 0.488 e. The second-order valence-electron chi connectivity index (χ2n) is 5.80. The molecule has 1 aromatic rings. The fourth-order valence-electron chi connectivity index (χ4n) is 2.06. The molecule has 19 heavy (non-hydrogen) atoms. The van der Waals surface area contributed by atoms with Gasteiger partial charge in [-0.15, -0.1) is 0 Å². The third-order valence-corrected chi connectivity index (χ3v) is 4.54. The Balaban J connectivity index is 2.29. The number of rotatable bonds is 3. The number of sulfonamides is 1. The van der Waals surface area contributed by atoms with Gasteiger partial charge in [-0.2, -0.15) is 0 Å². The van der Waals surface area contributed by atoms with E-state index >= 15 is 0 Å². The van der Waals surface area contributed by atoms with Gasteiger partial charge in [-0.3, -0.25) is 0 Å². The van der Waals surface area contributed by atoms with Gasteiger partial charge in [0, 0.05) is 18.5 Å². The van der Waals surface area contributed by atoms with E-state index in [1.807, 2.05) is 20.8 Å². The van der Waals surface area contributed by atoms with Gasteiger partial charge in [0.1, 0.15) is 11.9 Å². The van der Waals surface area contributed by atoms with Crippen molar-refractivity contribution in [3.05, 3.63) is 23.8 Å². The van der Waals surface area contributed by atoms with Gasteiger partial charge in [0.15, 0.2) is 0 Å². The highest BCUT2D eigenvalue weighted by molar-refractivity contribution is 7.89. The Morgan fingerprint density at radius 3 is 2.68 bits per heavy atom. The van der Waals surface area contributed by atoms with Gasteiger partial charge in [-0.25, -0.2) is 13.1 Å². The molecule has 6 heteroatoms. The normalized spacial score (nSPS) is 19.1. The highest BCUT2D eigenvalue weighted by Crippen LogP contribution is 2.30. The molecule has 106 valence electrons. The van der Waals surface area contributed by atoms with Crippen LogP contribution in [0.2, 0.25) is 0 Å². The second-order valence-corrected chi connectivity index (χ2v) is 7.49. The molecule has 0 fully saturated rings.